The maximum Gasteiger partial charge on any atom is 0.311 e. The molecule has 0 radical (unpaired) electrons. The van der Waals surface area contributed by atoms with Crippen molar-refractivity contribution in [3.05, 3.63) is 0 Å². The molecule has 4 heteroatoms. The molecule has 0 bridgehead atoms. The van der Waals surface area contributed by atoms with E-state index >= 15 is 0 Å². The summed E-state index contributed by atoms with van der Waals surface area (Å²) < 4.78 is 9.05. The summed E-state index contributed by atoms with van der Waals surface area (Å²) >= 11 is 0. The Kier molecular flexibility index (Phi) is 8.44. The van der Waals surface area contributed by atoms with E-state index in [1.54, 1.807) is 6.92 Å². The lowest BCUT2D eigenvalue weighted by atomic mass is 10.1. The number of carbonyl (C=O) groups is 2. The van der Waals surface area contributed by atoms with Crippen molar-refractivity contribution in [2.24, 2.45) is 5.92 Å². The lowest BCUT2D eigenvalue weighted by molar-refractivity contribution is -0.168. The summed E-state index contributed by atoms with van der Waals surface area (Å²) in [5, 5.41) is 0. The first-order valence-corrected chi connectivity index (χ1v) is 3.88. The molecular formula is C9H18O4. The van der Waals surface area contributed by atoms with Crippen LogP contribution < -0.4 is 0 Å². The third kappa shape index (κ3) is 7.31. The van der Waals surface area contributed by atoms with Gasteiger partial charge in [0.1, 0.15) is 0 Å². The van der Waals surface area contributed by atoms with Gasteiger partial charge in [0.15, 0.2) is 0 Å². The summed E-state index contributed by atoms with van der Waals surface area (Å²) in [5.41, 5.74) is 0. The molecule has 0 N–H and O–H groups in total. The van der Waals surface area contributed by atoms with Crippen LogP contribution in [0.3, 0.4) is 0 Å². The quantitative estimate of drug-likeness (QED) is 0.500. The molecule has 1 unspecified atom stereocenters. The average molecular weight is 190 g/mol. The van der Waals surface area contributed by atoms with E-state index in [4.69, 9.17) is 0 Å². The normalized spacial score (nSPS) is 11.0. The predicted molar refractivity (Wildman–Crippen MR) is 48.9 cm³/mol. The fourth-order valence-corrected chi connectivity index (χ4v) is 0.479. The van der Waals surface area contributed by atoms with E-state index in [9.17, 15) is 9.59 Å². The Morgan fingerprint density at radius 2 is 1.85 bits per heavy atom. The molecule has 0 amide bonds. The highest BCUT2D eigenvalue weighted by molar-refractivity contribution is 5.72. The zero-order valence-corrected chi connectivity index (χ0v) is 7.62. The van der Waals surface area contributed by atoms with E-state index in [1.165, 1.54) is 6.92 Å². The van der Waals surface area contributed by atoms with Gasteiger partial charge in [-0.15, -0.1) is 0 Å². The Morgan fingerprint density at radius 1 is 1.31 bits per heavy atom. The van der Waals surface area contributed by atoms with E-state index in [0.717, 1.165) is 6.42 Å². The van der Waals surface area contributed by atoms with Crippen molar-refractivity contribution in [3.8, 4) is 0 Å². The molecule has 78 valence electrons. The highest BCUT2D eigenvalue weighted by atomic mass is 16.7. The first-order valence-electron chi connectivity index (χ1n) is 3.88. The smallest absolute Gasteiger partial charge is 0.311 e. The van der Waals surface area contributed by atoms with Gasteiger partial charge in [-0.1, -0.05) is 21.3 Å². The van der Waals surface area contributed by atoms with Crippen molar-refractivity contribution in [1.82, 2.24) is 0 Å². The molecule has 0 aromatic carbocycles. The van der Waals surface area contributed by atoms with Crippen LogP contribution in [-0.2, 0) is 19.1 Å². The van der Waals surface area contributed by atoms with Gasteiger partial charge >= 0.3 is 11.9 Å². The minimum atomic E-state index is -0.452. The van der Waals surface area contributed by atoms with E-state index < -0.39 is 5.97 Å². The maximum absolute atomic E-state index is 10.9. The van der Waals surface area contributed by atoms with Gasteiger partial charge in [0.2, 0.25) is 6.79 Å². The van der Waals surface area contributed by atoms with Crippen LogP contribution in [0.2, 0.25) is 0 Å². The van der Waals surface area contributed by atoms with Gasteiger partial charge in [0.05, 0.1) is 5.92 Å². The number of carbonyl (C=O) groups excluding carboxylic acids is 2. The Morgan fingerprint density at radius 3 is 2.23 bits per heavy atom. The van der Waals surface area contributed by atoms with Crippen LogP contribution >= 0.6 is 0 Å². The molecule has 0 spiro atoms. The van der Waals surface area contributed by atoms with Crippen molar-refractivity contribution < 1.29 is 19.1 Å². The number of rotatable bonds is 4. The molecule has 0 aliphatic heterocycles. The van der Waals surface area contributed by atoms with E-state index in [-0.39, 0.29) is 26.1 Å². The minimum absolute atomic E-state index is 0. The Labute approximate surface area is 79.2 Å². The van der Waals surface area contributed by atoms with Crippen LogP contribution in [-0.4, -0.2) is 18.7 Å². The molecule has 0 aliphatic rings. The fourth-order valence-electron chi connectivity index (χ4n) is 0.479. The number of esters is 2. The van der Waals surface area contributed by atoms with Crippen LogP contribution in [0.15, 0.2) is 0 Å². The Bertz CT molecular complexity index is 165. The van der Waals surface area contributed by atoms with Gasteiger partial charge < -0.3 is 9.47 Å². The molecule has 0 aromatic heterocycles. The lowest BCUT2D eigenvalue weighted by Gasteiger charge is -2.08. The summed E-state index contributed by atoms with van der Waals surface area (Å²) in [6.45, 7) is 4.63. The topological polar surface area (TPSA) is 52.6 Å². The van der Waals surface area contributed by atoms with Gasteiger partial charge in [-0.2, -0.15) is 0 Å². The largest absolute Gasteiger partial charge is 0.428 e. The molecule has 1 atom stereocenters. The molecule has 4 nitrogen and oxygen atoms in total. The van der Waals surface area contributed by atoms with Gasteiger partial charge in [0.25, 0.3) is 0 Å². The van der Waals surface area contributed by atoms with E-state index in [0.29, 0.717) is 0 Å². The highest BCUT2D eigenvalue weighted by Gasteiger charge is 2.11. The summed E-state index contributed by atoms with van der Waals surface area (Å²) in [6.07, 6.45) is 0.721. The molecule has 0 aromatic rings. The lowest BCUT2D eigenvalue weighted by Crippen LogP contribution is -2.16. The maximum atomic E-state index is 10.9. The molecule has 0 aliphatic carbocycles. The van der Waals surface area contributed by atoms with Crippen molar-refractivity contribution in [2.45, 2.75) is 34.6 Å². The Hall–Kier alpha value is -1.06. The second kappa shape index (κ2) is 7.58. The summed E-state index contributed by atoms with van der Waals surface area (Å²) in [4.78, 5) is 21.2. The summed E-state index contributed by atoms with van der Waals surface area (Å²) in [6, 6.07) is 0. The summed E-state index contributed by atoms with van der Waals surface area (Å²) in [5.74, 6) is -0.925. The van der Waals surface area contributed by atoms with Gasteiger partial charge in [0, 0.05) is 6.92 Å². The van der Waals surface area contributed by atoms with Crippen LogP contribution in [0.5, 0.6) is 0 Å². The number of hydrogen-bond donors (Lipinski definition) is 0. The van der Waals surface area contributed by atoms with Crippen molar-refractivity contribution in [2.75, 3.05) is 6.79 Å². The molecule has 0 fully saturated rings. The van der Waals surface area contributed by atoms with Crippen molar-refractivity contribution in [1.29, 1.82) is 0 Å². The second-order valence-electron chi connectivity index (χ2n) is 2.53. The zero-order chi connectivity index (χ0) is 9.56. The molecular weight excluding hydrogens is 172 g/mol. The zero-order valence-electron chi connectivity index (χ0n) is 7.62. The first-order chi connectivity index (χ1) is 5.57. The summed E-state index contributed by atoms with van der Waals surface area (Å²) in [7, 11) is 0. The Balaban J connectivity index is 0. The monoisotopic (exact) mass is 190 g/mol. The first kappa shape index (κ1) is 14.5. The SMILES string of the molecule is C.CCC(C)C(=O)OCOC(C)=O. The number of ether oxygens (including phenoxy) is 2. The molecule has 0 saturated heterocycles. The third-order valence-electron chi connectivity index (χ3n) is 1.48. The van der Waals surface area contributed by atoms with Crippen LogP contribution in [0, 0.1) is 5.92 Å². The van der Waals surface area contributed by atoms with Gasteiger partial charge in [-0.3, -0.25) is 9.59 Å². The molecule has 13 heavy (non-hydrogen) atoms. The van der Waals surface area contributed by atoms with Crippen LogP contribution in [0.1, 0.15) is 34.6 Å². The van der Waals surface area contributed by atoms with Gasteiger partial charge in [-0.05, 0) is 6.42 Å². The van der Waals surface area contributed by atoms with Crippen LogP contribution in [0.4, 0.5) is 0 Å². The molecule has 0 saturated carbocycles. The fraction of sp³-hybridized carbons (Fsp3) is 0.778. The number of hydrogen-bond acceptors (Lipinski definition) is 4. The highest BCUT2D eigenvalue weighted by Crippen LogP contribution is 2.02. The van der Waals surface area contributed by atoms with Crippen molar-refractivity contribution in [3.63, 3.8) is 0 Å². The molecule has 0 heterocycles. The van der Waals surface area contributed by atoms with Gasteiger partial charge in [-0.25, -0.2) is 0 Å². The standard InChI is InChI=1S/C8H14O4.CH4/c1-4-6(2)8(10)12-5-11-7(3)9;/h6H,4-5H2,1-3H3;1H4. The minimum Gasteiger partial charge on any atom is -0.428 e. The van der Waals surface area contributed by atoms with Crippen LogP contribution in [0.25, 0.3) is 0 Å². The van der Waals surface area contributed by atoms with E-state index in [1.807, 2.05) is 6.92 Å². The molecule has 0 rings (SSSR count). The van der Waals surface area contributed by atoms with E-state index in [2.05, 4.69) is 9.47 Å². The van der Waals surface area contributed by atoms with Crippen molar-refractivity contribution >= 4 is 11.9 Å². The second-order valence-corrected chi connectivity index (χ2v) is 2.53. The average Bonchev–Trinajstić information content (AvgIpc) is 2.02. The third-order valence-corrected chi connectivity index (χ3v) is 1.48. The predicted octanol–water partition coefficient (Wildman–Crippen LogP) is 1.73.